The molecule has 1 heterocycles. The van der Waals surface area contributed by atoms with E-state index in [1.807, 2.05) is 0 Å². The fourth-order valence-corrected chi connectivity index (χ4v) is 13.3. The lowest BCUT2D eigenvalue weighted by Crippen LogP contribution is -2.49. The van der Waals surface area contributed by atoms with E-state index in [4.69, 9.17) is 0 Å². The molecule has 0 amide bonds. The summed E-state index contributed by atoms with van der Waals surface area (Å²) in [4.78, 5) is 2.47. The van der Waals surface area contributed by atoms with Gasteiger partial charge in [-0.2, -0.15) is 0 Å². The summed E-state index contributed by atoms with van der Waals surface area (Å²) in [7, 11) is -2.88. The standard InChI is InChI=1S/C51H45NSi2/c1-35-33-39(27-29-41(35)46-19-11-13-21-49(46)53(2)3)52(40-28-30-48-47-20-12-14-22-50(47)54(4,5)51(48)34-40)38-25-23-37(24-26-38)43-32-31-42(36-15-7-6-8-16-36)44-17-9-10-18-45(43)44/h6-34,53H,1-5H3. The van der Waals surface area contributed by atoms with Crippen molar-refractivity contribution in [3.05, 3.63) is 181 Å². The van der Waals surface area contributed by atoms with Crippen LogP contribution in [0.5, 0.6) is 0 Å². The van der Waals surface area contributed by atoms with Crippen LogP contribution in [-0.2, 0) is 0 Å². The number of anilines is 3. The van der Waals surface area contributed by atoms with Crippen LogP contribution in [0.25, 0.3) is 55.3 Å². The number of nitrogens with zero attached hydrogens (tertiary/aromatic N) is 1. The molecule has 0 radical (unpaired) electrons. The van der Waals surface area contributed by atoms with Gasteiger partial charge in [-0.15, -0.1) is 0 Å². The Morgan fingerprint density at radius 1 is 0.407 bits per heavy atom. The predicted molar refractivity (Wildman–Crippen MR) is 240 cm³/mol. The van der Waals surface area contributed by atoms with Crippen molar-refractivity contribution >= 4 is 60.3 Å². The summed E-state index contributed by atoms with van der Waals surface area (Å²) in [5.74, 6) is 0. The highest BCUT2D eigenvalue weighted by atomic mass is 28.3. The summed E-state index contributed by atoms with van der Waals surface area (Å²) in [6.07, 6.45) is 0. The van der Waals surface area contributed by atoms with Crippen LogP contribution >= 0.6 is 0 Å². The fraction of sp³-hybridized carbons (Fsp3) is 0.0980. The maximum Gasteiger partial charge on any atom is 0.113 e. The molecule has 0 unspecified atom stereocenters. The number of benzene rings is 8. The monoisotopic (exact) mass is 727 g/mol. The number of hydrogen-bond donors (Lipinski definition) is 0. The molecule has 0 saturated heterocycles. The van der Waals surface area contributed by atoms with E-state index < -0.39 is 16.9 Å². The zero-order valence-electron chi connectivity index (χ0n) is 31.8. The predicted octanol–water partition coefficient (Wildman–Crippen LogP) is 12.1. The molecule has 0 aromatic heterocycles. The van der Waals surface area contributed by atoms with Crippen LogP contribution in [0.15, 0.2) is 176 Å². The van der Waals surface area contributed by atoms with Crippen molar-refractivity contribution in [2.75, 3.05) is 4.90 Å². The van der Waals surface area contributed by atoms with Gasteiger partial charge in [-0.25, -0.2) is 0 Å². The zero-order chi connectivity index (χ0) is 37.0. The van der Waals surface area contributed by atoms with E-state index in [0.29, 0.717) is 0 Å². The highest BCUT2D eigenvalue weighted by Crippen LogP contribution is 2.41. The second-order valence-corrected chi connectivity index (χ2v) is 22.9. The summed E-state index contributed by atoms with van der Waals surface area (Å²) in [5, 5.41) is 7.11. The third-order valence-corrected chi connectivity index (χ3v) is 16.9. The minimum absolute atomic E-state index is 1.01. The Morgan fingerprint density at radius 3 is 1.57 bits per heavy atom. The maximum absolute atomic E-state index is 2.50. The van der Waals surface area contributed by atoms with E-state index in [1.165, 1.54) is 87.8 Å². The van der Waals surface area contributed by atoms with E-state index in [1.54, 1.807) is 0 Å². The van der Waals surface area contributed by atoms with Crippen LogP contribution in [0.3, 0.4) is 0 Å². The van der Waals surface area contributed by atoms with E-state index in [0.717, 1.165) is 5.69 Å². The van der Waals surface area contributed by atoms with Gasteiger partial charge in [0.2, 0.25) is 0 Å². The van der Waals surface area contributed by atoms with E-state index in [2.05, 4.69) is 214 Å². The van der Waals surface area contributed by atoms with Crippen molar-refractivity contribution in [3.63, 3.8) is 0 Å². The van der Waals surface area contributed by atoms with Gasteiger partial charge >= 0.3 is 0 Å². The molecular weight excluding hydrogens is 683 g/mol. The molecule has 0 saturated carbocycles. The molecule has 0 spiro atoms. The summed E-state index contributed by atoms with van der Waals surface area (Å²) in [6.45, 7) is 12.1. The molecule has 1 nitrogen and oxygen atoms in total. The second-order valence-electron chi connectivity index (χ2n) is 15.6. The van der Waals surface area contributed by atoms with Gasteiger partial charge in [0, 0.05) is 17.1 Å². The van der Waals surface area contributed by atoms with Gasteiger partial charge in [0.25, 0.3) is 0 Å². The average Bonchev–Trinajstić information content (AvgIpc) is 3.43. The molecule has 0 atom stereocenters. The topological polar surface area (TPSA) is 3.24 Å². The third kappa shape index (κ3) is 5.76. The van der Waals surface area contributed by atoms with Crippen molar-refractivity contribution < 1.29 is 0 Å². The van der Waals surface area contributed by atoms with Gasteiger partial charge in [-0.3, -0.25) is 0 Å². The van der Waals surface area contributed by atoms with Gasteiger partial charge in [0.1, 0.15) is 8.07 Å². The minimum Gasteiger partial charge on any atom is -0.310 e. The fourth-order valence-electron chi connectivity index (χ4n) is 8.82. The molecule has 8 aromatic rings. The van der Waals surface area contributed by atoms with E-state index in [9.17, 15) is 0 Å². The molecule has 262 valence electrons. The smallest absolute Gasteiger partial charge is 0.113 e. The van der Waals surface area contributed by atoms with Crippen LogP contribution in [-0.4, -0.2) is 16.9 Å². The molecule has 8 aromatic carbocycles. The summed E-state index contributed by atoms with van der Waals surface area (Å²) >= 11 is 0. The van der Waals surface area contributed by atoms with Crippen LogP contribution < -0.4 is 20.5 Å². The highest BCUT2D eigenvalue weighted by molar-refractivity contribution is 7.03. The first-order valence-electron chi connectivity index (χ1n) is 19.2. The summed E-state index contributed by atoms with van der Waals surface area (Å²) in [5.41, 5.74) is 15.3. The molecule has 54 heavy (non-hydrogen) atoms. The Hall–Kier alpha value is -5.75. The molecule has 0 fully saturated rings. The van der Waals surface area contributed by atoms with Gasteiger partial charge in [0.05, 0.1) is 8.80 Å². The van der Waals surface area contributed by atoms with Gasteiger partial charge in [-0.05, 0) is 115 Å². The van der Waals surface area contributed by atoms with Crippen molar-refractivity contribution in [2.45, 2.75) is 33.1 Å². The molecule has 0 bridgehead atoms. The highest BCUT2D eigenvalue weighted by Gasteiger charge is 2.37. The van der Waals surface area contributed by atoms with E-state index >= 15 is 0 Å². The summed E-state index contributed by atoms with van der Waals surface area (Å²) in [6, 6.07) is 65.7. The Morgan fingerprint density at radius 2 is 0.907 bits per heavy atom. The van der Waals surface area contributed by atoms with Crippen LogP contribution in [0.2, 0.25) is 26.2 Å². The maximum atomic E-state index is 2.50. The van der Waals surface area contributed by atoms with Gasteiger partial charge in [-0.1, -0.05) is 171 Å². The Kier molecular flexibility index (Phi) is 8.57. The van der Waals surface area contributed by atoms with Crippen molar-refractivity contribution in [1.29, 1.82) is 0 Å². The molecular formula is C51H45NSi2. The zero-order valence-corrected chi connectivity index (χ0v) is 33.9. The van der Waals surface area contributed by atoms with Crippen molar-refractivity contribution in [2.24, 2.45) is 0 Å². The van der Waals surface area contributed by atoms with E-state index in [-0.39, 0.29) is 0 Å². The summed E-state index contributed by atoms with van der Waals surface area (Å²) < 4.78 is 0. The first-order chi connectivity index (χ1) is 26.3. The average molecular weight is 728 g/mol. The SMILES string of the molecule is Cc1cc(N(c2ccc(-c3ccc(-c4ccccc4)c4ccccc34)cc2)c2ccc3c(c2)[Si](C)(C)c2ccccc2-3)ccc1-c1ccccc1[SiH](C)C. The van der Waals surface area contributed by atoms with Crippen LogP contribution in [0, 0.1) is 6.92 Å². The molecule has 9 rings (SSSR count). The molecule has 0 aliphatic carbocycles. The quantitative estimate of drug-likeness (QED) is 0.148. The Labute approximate surface area is 322 Å². The van der Waals surface area contributed by atoms with Crippen LogP contribution in [0.4, 0.5) is 17.1 Å². The largest absolute Gasteiger partial charge is 0.310 e. The molecule has 3 heteroatoms. The lowest BCUT2D eigenvalue weighted by molar-refractivity contribution is 1.27. The molecule has 0 N–H and O–H groups in total. The van der Waals surface area contributed by atoms with Crippen molar-refractivity contribution in [1.82, 2.24) is 0 Å². The first-order valence-corrected chi connectivity index (χ1v) is 25.1. The number of hydrogen-bond acceptors (Lipinski definition) is 1. The second kappa shape index (κ2) is 13.6. The third-order valence-electron chi connectivity index (χ3n) is 11.6. The molecule has 1 aliphatic rings. The Bertz CT molecular complexity index is 2670. The first kappa shape index (κ1) is 34.0. The lowest BCUT2D eigenvalue weighted by atomic mass is 9.92. The lowest BCUT2D eigenvalue weighted by Gasteiger charge is -2.28. The van der Waals surface area contributed by atoms with Crippen molar-refractivity contribution in [3.8, 4) is 44.5 Å². The number of rotatable bonds is 7. The van der Waals surface area contributed by atoms with Gasteiger partial charge in [0.15, 0.2) is 0 Å². The number of aryl methyl sites for hydroxylation is 1. The Balaban J connectivity index is 1.17. The number of fused-ring (bicyclic) bond motifs is 4. The normalized spacial score (nSPS) is 12.9. The molecule has 1 aliphatic heterocycles. The van der Waals surface area contributed by atoms with Crippen LogP contribution in [0.1, 0.15) is 5.56 Å². The van der Waals surface area contributed by atoms with Gasteiger partial charge < -0.3 is 4.90 Å². The minimum atomic E-state index is -1.87.